The van der Waals surface area contributed by atoms with Crippen molar-refractivity contribution in [3.05, 3.63) is 0 Å². The molecule has 0 radical (unpaired) electrons. The van der Waals surface area contributed by atoms with Crippen molar-refractivity contribution >= 4 is 5.91 Å². The Labute approximate surface area is 129 Å². The Morgan fingerprint density at radius 3 is 2.48 bits per heavy atom. The smallest absolute Gasteiger partial charge is 0.223 e. The first-order chi connectivity index (χ1) is 9.89. The van der Waals surface area contributed by atoms with Gasteiger partial charge in [0.2, 0.25) is 5.91 Å². The molecule has 2 aliphatic heterocycles. The van der Waals surface area contributed by atoms with E-state index in [1.54, 1.807) is 0 Å². The van der Waals surface area contributed by atoms with Crippen LogP contribution in [0.1, 0.15) is 47.0 Å². The Morgan fingerprint density at radius 1 is 1.24 bits per heavy atom. The quantitative estimate of drug-likeness (QED) is 0.801. The summed E-state index contributed by atoms with van der Waals surface area (Å²) in [6.45, 7) is 12.5. The lowest BCUT2D eigenvalue weighted by molar-refractivity contribution is -0.139. The molecule has 0 aromatic carbocycles. The summed E-state index contributed by atoms with van der Waals surface area (Å²) < 4.78 is 11.2. The molecular weight excluding hydrogens is 266 g/mol. The third kappa shape index (κ3) is 4.68. The maximum Gasteiger partial charge on any atom is 0.223 e. The minimum Gasteiger partial charge on any atom is -0.378 e. The molecule has 2 aliphatic rings. The van der Waals surface area contributed by atoms with Crippen LogP contribution in [0.15, 0.2) is 0 Å². The summed E-state index contributed by atoms with van der Waals surface area (Å²) in [6.07, 6.45) is 2.83. The summed E-state index contributed by atoms with van der Waals surface area (Å²) in [5.41, 5.74) is -0.0436. The van der Waals surface area contributed by atoms with Crippen LogP contribution in [0.3, 0.4) is 0 Å². The van der Waals surface area contributed by atoms with Crippen LogP contribution in [0.5, 0.6) is 0 Å². The van der Waals surface area contributed by atoms with E-state index in [-0.39, 0.29) is 5.60 Å². The fourth-order valence-electron chi connectivity index (χ4n) is 3.73. The van der Waals surface area contributed by atoms with Crippen molar-refractivity contribution in [3.63, 3.8) is 0 Å². The van der Waals surface area contributed by atoms with Gasteiger partial charge in [-0.2, -0.15) is 0 Å². The summed E-state index contributed by atoms with van der Waals surface area (Å²) >= 11 is 0. The number of morpholine rings is 1. The Morgan fingerprint density at radius 2 is 1.90 bits per heavy atom. The average molecular weight is 297 g/mol. The van der Waals surface area contributed by atoms with Gasteiger partial charge in [-0.3, -0.25) is 4.79 Å². The van der Waals surface area contributed by atoms with Crippen LogP contribution >= 0.6 is 0 Å². The molecule has 4 nitrogen and oxygen atoms in total. The van der Waals surface area contributed by atoms with Crippen molar-refractivity contribution in [2.45, 2.75) is 52.6 Å². The number of hydrogen-bond donors (Lipinski definition) is 0. The van der Waals surface area contributed by atoms with Gasteiger partial charge in [0.25, 0.3) is 0 Å². The molecule has 1 amide bonds. The van der Waals surface area contributed by atoms with Crippen molar-refractivity contribution in [3.8, 4) is 0 Å². The normalized spacial score (nSPS) is 27.7. The molecule has 0 saturated carbocycles. The van der Waals surface area contributed by atoms with Gasteiger partial charge >= 0.3 is 0 Å². The van der Waals surface area contributed by atoms with Crippen LogP contribution in [0.2, 0.25) is 0 Å². The molecule has 2 heterocycles. The highest BCUT2D eigenvalue weighted by Gasteiger charge is 2.36. The first-order valence-corrected chi connectivity index (χ1v) is 8.38. The summed E-state index contributed by atoms with van der Waals surface area (Å²) in [4.78, 5) is 14.5. The third-order valence-electron chi connectivity index (χ3n) is 4.97. The van der Waals surface area contributed by atoms with E-state index in [4.69, 9.17) is 9.47 Å². The topological polar surface area (TPSA) is 38.8 Å². The predicted octanol–water partition coefficient (Wildman–Crippen LogP) is 2.71. The first-order valence-electron chi connectivity index (χ1n) is 8.38. The van der Waals surface area contributed by atoms with E-state index >= 15 is 0 Å². The number of carbonyl (C=O) groups is 1. The Balaban J connectivity index is 1.96. The van der Waals surface area contributed by atoms with E-state index in [2.05, 4.69) is 27.7 Å². The van der Waals surface area contributed by atoms with Crippen LogP contribution in [0, 0.1) is 17.8 Å². The van der Waals surface area contributed by atoms with E-state index in [0.717, 1.165) is 32.5 Å². The van der Waals surface area contributed by atoms with Crippen molar-refractivity contribution in [1.82, 2.24) is 4.90 Å². The largest absolute Gasteiger partial charge is 0.378 e. The molecule has 0 aromatic heterocycles. The van der Waals surface area contributed by atoms with E-state index in [9.17, 15) is 4.79 Å². The van der Waals surface area contributed by atoms with Gasteiger partial charge in [0.15, 0.2) is 0 Å². The second kappa shape index (κ2) is 7.10. The number of rotatable bonds is 4. The lowest BCUT2D eigenvalue weighted by atomic mass is 9.73. The predicted molar refractivity (Wildman–Crippen MR) is 83.1 cm³/mol. The highest BCUT2D eigenvalue weighted by Crippen LogP contribution is 2.38. The molecular formula is C17H31NO3. The minimum absolute atomic E-state index is 0.0436. The molecule has 2 rings (SSSR count). The highest BCUT2D eigenvalue weighted by molar-refractivity contribution is 5.76. The summed E-state index contributed by atoms with van der Waals surface area (Å²) in [5.74, 6) is 1.90. The Bertz CT molecular complexity index is 348. The van der Waals surface area contributed by atoms with Gasteiger partial charge in [-0.05, 0) is 44.4 Å². The van der Waals surface area contributed by atoms with Crippen LogP contribution in [0.4, 0.5) is 0 Å². The number of amides is 1. The minimum atomic E-state index is -0.0436. The number of hydrogen-bond acceptors (Lipinski definition) is 3. The van der Waals surface area contributed by atoms with Crippen molar-refractivity contribution in [1.29, 1.82) is 0 Å². The third-order valence-corrected chi connectivity index (χ3v) is 4.97. The zero-order chi connectivity index (χ0) is 15.5. The number of ether oxygens (including phenoxy) is 2. The van der Waals surface area contributed by atoms with Crippen molar-refractivity contribution in [2.75, 3.05) is 32.9 Å². The van der Waals surface area contributed by atoms with Gasteiger partial charge in [0.1, 0.15) is 0 Å². The number of carbonyl (C=O) groups excluding carboxylic acids is 1. The molecule has 0 aromatic rings. The van der Waals surface area contributed by atoms with Crippen LogP contribution in [0.25, 0.3) is 0 Å². The molecule has 122 valence electrons. The second-order valence-corrected chi connectivity index (χ2v) is 7.47. The Kier molecular flexibility index (Phi) is 5.67. The van der Waals surface area contributed by atoms with Gasteiger partial charge in [0, 0.05) is 26.1 Å². The molecule has 2 atom stereocenters. The molecule has 2 saturated heterocycles. The van der Waals surface area contributed by atoms with Gasteiger partial charge in [-0.1, -0.05) is 13.8 Å². The molecule has 0 aliphatic carbocycles. The summed E-state index contributed by atoms with van der Waals surface area (Å²) in [7, 11) is 0. The van der Waals surface area contributed by atoms with Gasteiger partial charge in [-0.15, -0.1) is 0 Å². The Hall–Kier alpha value is -0.610. The summed E-state index contributed by atoms with van der Waals surface area (Å²) in [5, 5.41) is 0. The molecule has 2 fully saturated rings. The molecule has 0 unspecified atom stereocenters. The monoisotopic (exact) mass is 297 g/mol. The van der Waals surface area contributed by atoms with Gasteiger partial charge < -0.3 is 14.4 Å². The van der Waals surface area contributed by atoms with E-state index in [1.165, 1.54) is 0 Å². The summed E-state index contributed by atoms with van der Waals surface area (Å²) in [6, 6.07) is 0. The van der Waals surface area contributed by atoms with Crippen molar-refractivity contribution < 1.29 is 14.3 Å². The van der Waals surface area contributed by atoms with Crippen molar-refractivity contribution in [2.24, 2.45) is 17.8 Å². The van der Waals surface area contributed by atoms with Crippen LogP contribution < -0.4 is 0 Å². The fraction of sp³-hybridized carbons (Fsp3) is 0.941. The molecule has 0 spiro atoms. The zero-order valence-electron chi connectivity index (χ0n) is 14.1. The van der Waals surface area contributed by atoms with E-state index < -0.39 is 0 Å². The average Bonchev–Trinajstić information content (AvgIpc) is 2.44. The van der Waals surface area contributed by atoms with E-state index in [0.29, 0.717) is 43.3 Å². The standard InChI is InChI=1S/C17H31NO3/c1-13(2)15(14-5-8-21-17(3,4)12-14)11-16(19)18-6-9-20-10-7-18/h13-15H,5-12H2,1-4H3/t14-,15-/m0/s1. The SMILES string of the molecule is CC(C)[C@H](CC(=O)N1CCOCC1)[C@H]1CCOC(C)(C)C1. The lowest BCUT2D eigenvalue weighted by Gasteiger charge is -2.41. The highest BCUT2D eigenvalue weighted by atomic mass is 16.5. The lowest BCUT2D eigenvalue weighted by Crippen LogP contribution is -2.43. The molecule has 0 bridgehead atoms. The molecule has 0 N–H and O–H groups in total. The fourth-order valence-corrected chi connectivity index (χ4v) is 3.73. The second-order valence-electron chi connectivity index (χ2n) is 7.47. The zero-order valence-corrected chi connectivity index (χ0v) is 14.1. The molecule has 21 heavy (non-hydrogen) atoms. The maximum atomic E-state index is 12.6. The first kappa shape index (κ1) is 16.8. The van der Waals surface area contributed by atoms with Crippen LogP contribution in [-0.2, 0) is 14.3 Å². The number of nitrogens with zero attached hydrogens (tertiary/aromatic N) is 1. The maximum absolute atomic E-state index is 12.6. The van der Waals surface area contributed by atoms with E-state index in [1.807, 2.05) is 4.90 Å². The van der Waals surface area contributed by atoms with Crippen LogP contribution in [-0.4, -0.2) is 49.3 Å². The van der Waals surface area contributed by atoms with Gasteiger partial charge in [-0.25, -0.2) is 0 Å². The van der Waals surface area contributed by atoms with Gasteiger partial charge in [0.05, 0.1) is 18.8 Å². The molecule has 4 heteroatoms.